The second-order valence-electron chi connectivity index (χ2n) is 6.11. The first-order valence-electron chi connectivity index (χ1n) is 7.85. The van der Waals surface area contributed by atoms with Gasteiger partial charge in [-0.05, 0) is 19.0 Å². The molecule has 1 aromatic carbocycles. The molecule has 7 heteroatoms. The molecular weight excluding hydrogens is 328 g/mol. The first kappa shape index (κ1) is 20.1. The number of halogens is 1. The van der Waals surface area contributed by atoms with Crippen molar-refractivity contribution in [3.05, 3.63) is 40.3 Å². The third-order valence-corrected chi connectivity index (χ3v) is 3.65. The number of hydrogen-bond donors (Lipinski definition) is 1. The molecule has 0 spiro atoms. The van der Waals surface area contributed by atoms with Crippen molar-refractivity contribution in [3.8, 4) is 0 Å². The lowest BCUT2D eigenvalue weighted by molar-refractivity contribution is 0.0790. The highest BCUT2D eigenvalue weighted by Crippen LogP contribution is 2.15. The minimum Gasteiger partial charge on any atom is -0.339 e. The van der Waals surface area contributed by atoms with Crippen LogP contribution in [0.3, 0.4) is 0 Å². The molecule has 0 saturated carbocycles. The van der Waals surface area contributed by atoms with Crippen molar-refractivity contribution < 1.29 is 4.79 Å². The number of rotatable bonds is 6. The standard InChI is InChI=1S/C17H24N4O2.ClH/c1-12(2)11-21-16(22)14-8-6-5-7-13(14)15(19-21)17(23)20(4)10-9-18-3;/h5-8,12,18H,9-11H2,1-4H3;1H. The Labute approximate surface area is 148 Å². The lowest BCUT2D eigenvalue weighted by atomic mass is 10.1. The molecule has 132 valence electrons. The van der Waals surface area contributed by atoms with E-state index in [2.05, 4.69) is 10.4 Å². The fourth-order valence-electron chi connectivity index (χ4n) is 2.42. The van der Waals surface area contributed by atoms with E-state index in [0.29, 0.717) is 36.1 Å². The SMILES string of the molecule is CNCCN(C)C(=O)c1nn(CC(C)C)c(=O)c2ccccc12.Cl. The zero-order chi connectivity index (χ0) is 17.0. The summed E-state index contributed by atoms with van der Waals surface area (Å²) in [6.07, 6.45) is 0. The number of hydrogen-bond acceptors (Lipinski definition) is 4. The monoisotopic (exact) mass is 352 g/mol. The highest BCUT2D eigenvalue weighted by atomic mass is 35.5. The summed E-state index contributed by atoms with van der Waals surface area (Å²) in [6.45, 7) is 5.80. The van der Waals surface area contributed by atoms with E-state index >= 15 is 0 Å². The van der Waals surface area contributed by atoms with Crippen LogP contribution in [0, 0.1) is 5.92 Å². The normalized spacial score (nSPS) is 10.7. The lowest BCUT2D eigenvalue weighted by Gasteiger charge is -2.18. The van der Waals surface area contributed by atoms with Crippen LogP contribution in [0.25, 0.3) is 10.8 Å². The molecule has 1 heterocycles. The van der Waals surface area contributed by atoms with E-state index in [1.54, 1.807) is 24.1 Å². The Kier molecular flexibility index (Phi) is 7.38. The second kappa shape index (κ2) is 8.80. The molecule has 0 saturated heterocycles. The van der Waals surface area contributed by atoms with Gasteiger partial charge < -0.3 is 10.2 Å². The maximum atomic E-state index is 12.7. The molecule has 1 aromatic heterocycles. The van der Waals surface area contributed by atoms with E-state index in [4.69, 9.17) is 0 Å². The smallest absolute Gasteiger partial charge is 0.274 e. The van der Waals surface area contributed by atoms with Crippen molar-refractivity contribution in [3.63, 3.8) is 0 Å². The Balaban J connectivity index is 0.00000288. The van der Waals surface area contributed by atoms with Crippen LogP contribution in [0.5, 0.6) is 0 Å². The number of carbonyl (C=O) groups is 1. The Morgan fingerprint density at radius 2 is 1.92 bits per heavy atom. The average Bonchev–Trinajstić information content (AvgIpc) is 2.54. The molecule has 0 bridgehead atoms. The number of aromatic nitrogens is 2. The van der Waals surface area contributed by atoms with Gasteiger partial charge in [0, 0.05) is 32.1 Å². The third-order valence-electron chi connectivity index (χ3n) is 3.65. The number of likely N-dealkylation sites (N-methyl/N-ethyl adjacent to an activating group) is 2. The summed E-state index contributed by atoms with van der Waals surface area (Å²) >= 11 is 0. The van der Waals surface area contributed by atoms with E-state index < -0.39 is 0 Å². The van der Waals surface area contributed by atoms with Crippen molar-refractivity contribution in [2.45, 2.75) is 20.4 Å². The largest absolute Gasteiger partial charge is 0.339 e. The van der Waals surface area contributed by atoms with E-state index in [-0.39, 0.29) is 29.8 Å². The summed E-state index contributed by atoms with van der Waals surface area (Å²) in [5.41, 5.74) is 0.184. The maximum absolute atomic E-state index is 12.7. The van der Waals surface area contributed by atoms with Gasteiger partial charge in [0.25, 0.3) is 11.5 Å². The quantitative estimate of drug-likeness (QED) is 0.860. The first-order valence-corrected chi connectivity index (χ1v) is 7.85. The van der Waals surface area contributed by atoms with Gasteiger partial charge in [-0.25, -0.2) is 4.68 Å². The summed E-state index contributed by atoms with van der Waals surface area (Å²) in [6, 6.07) is 7.16. The molecular formula is C17H25ClN4O2. The molecule has 0 aliphatic rings. The van der Waals surface area contributed by atoms with Crippen LogP contribution in [0.4, 0.5) is 0 Å². The zero-order valence-corrected chi connectivity index (χ0v) is 15.4. The van der Waals surface area contributed by atoms with Gasteiger partial charge in [-0.1, -0.05) is 32.0 Å². The van der Waals surface area contributed by atoms with E-state index in [1.165, 1.54) is 4.68 Å². The van der Waals surface area contributed by atoms with Gasteiger partial charge in [0.15, 0.2) is 5.69 Å². The Bertz CT molecular complexity index is 758. The highest BCUT2D eigenvalue weighted by Gasteiger charge is 2.19. The van der Waals surface area contributed by atoms with Gasteiger partial charge in [-0.3, -0.25) is 9.59 Å². The molecule has 0 unspecified atom stereocenters. The molecule has 1 N–H and O–H groups in total. The number of amides is 1. The van der Waals surface area contributed by atoms with Crippen LogP contribution >= 0.6 is 12.4 Å². The summed E-state index contributed by atoms with van der Waals surface area (Å²) in [5.74, 6) is 0.0975. The molecule has 0 aliphatic heterocycles. The van der Waals surface area contributed by atoms with Crippen LogP contribution in [0.1, 0.15) is 24.3 Å². The van der Waals surface area contributed by atoms with Gasteiger partial charge in [-0.15, -0.1) is 12.4 Å². The number of fused-ring (bicyclic) bond motifs is 1. The zero-order valence-electron chi connectivity index (χ0n) is 14.6. The van der Waals surface area contributed by atoms with Crippen molar-refractivity contribution >= 4 is 29.1 Å². The third kappa shape index (κ3) is 4.33. The highest BCUT2D eigenvalue weighted by molar-refractivity contribution is 6.04. The van der Waals surface area contributed by atoms with E-state index in [1.807, 2.05) is 33.0 Å². The Morgan fingerprint density at radius 3 is 2.50 bits per heavy atom. The average molecular weight is 353 g/mol. The number of benzene rings is 1. The topological polar surface area (TPSA) is 67.2 Å². The Hall–Kier alpha value is -1.92. The molecule has 2 rings (SSSR count). The molecule has 6 nitrogen and oxygen atoms in total. The second-order valence-corrected chi connectivity index (χ2v) is 6.11. The van der Waals surface area contributed by atoms with Crippen molar-refractivity contribution in [1.29, 1.82) is 0 Å². The number of nitrogens with one attached hydrogen (secondary N) is 1. The van der Waals surface area contributed by atoms with E-state index in [0.717, 1.165) is 0 Å². The predicted octanol–water partition coefficient (Wildman–Crippen LogP) is 1.77. The lowest BCUT2D eigenvalue weighted by Crippen LogP contribution is -2.35. The number of nitrogens with zero attached hydrogens (tertiary/aromatic N) is 3. The fourth-order valence-corrected chi connectivity index (χ4v) is 2.42. The number of carbonyl (C=O) groups excluding carboxylic acids is 1. The summed E-state index contributed by atoms with van der Waals surface area (Å²) in [5, 5.41) is 8.53. The molecule has 0 atom stereocenters. The summed E-state index contributed by atoms with van der Waals surface area (Å²) in [7, 11) is 3.59. The minimum absolute atomic E-state index is 0. The predicted molar refractivity (Wildman–Crippen MR) is 99.0 cm³/mol. The van der Waals surface area contributed by atoms with Crippen LogP contribution in [0.15, 0.2) is 29.1 Å². The minimum atomic E-state index is -0.172. The Morgan fingerprint density at radius 1 is 1.29 bits per heavy atom. The van der Waals surface area contributed by atoms with Gasteiger partial charge in [-0.2, -0.15) is 5.10 Å². The molecule has 24 heavy (non-hydrogen) atoms. The van der Waals surface area contributed by atoms with Crippen LogP contribution in [-0.4, -0.2) is 47.8 Å². The van der Waals surface area contributed by atoms with Gasteiger partial charge >= 0.3 is 0 Å². The summed E-state index contributed by atoms with van der Waals surface area (Å²) in [4.78, 5) is 26.9. The maximum Gasteiger partial charge on any atom is 0.274 e. The van der Waals surface area contributed by atoms with Crippen molar-refractivity contribution in [2.75, 3.05) is 27.2 Å². The summed E-state index contributed by atoms with van der Waals surface area (Å²) < 4.78 is 1.41. The molecule has 0 fully saturated rings. The van der Waals surface area contributed by atoms with Gasteiger partial charge in [0.2, 0.25) is 0 Å². The molecule has 1 amide bonds. The molecule has 0 aliphatic carbocycles. The van der Waals surface area contributed by atoms with Gasteiger partial charge in [0.1, 0.15) is 0 Å². The van der Waals surface area contributed by atoms with Gasteiger partial charge in [0.05, 0.1) is 5.39 Å². The van der Waals surface area contributed by atoms with Crippen LogP contribution in [-0.2, 0) is 6.54 Å². The molecule has 2 aromatic rings. The van der Waals surface area contributed by atoms with Crippen LogP contribution < -0.4 is 10.9 Å². The first-order chi connectivity index (χ1) is 11.0. The van der Waals surface area contributed by atoms with E-state index in [9.17, 15) is 9.59 Å². The van der Waals surface area contributed by atoms with Crippen molar-refractivity contribution in [2.24, 2.45) is 5.92 Å². The fraction of sp³-hybridized carbons (Fsp3) is 0.471. The van der Waals surface area contributed by atoms with Crippen LogP contribution in [0.2, 0.25) is 0 Å². The molecule has 0 radical (unpaired) electrons. The van der Waals surface area contributed by atoms with Crippen molar-refractivity contribution in [1.82, 2.24) is 20.0 Å².